The van der Waals surface area contributed by atoms with E-state index in [4.69, 9.17) is 0 Å². The Bertz CT molecular complexity index is 331. The van der Waals surface area contributed by atoms with E-state index in [-0.39, 0.29) is 0 Å². The summed E-state index contributed by atoms with van der Waals surface area (Å²) >= 11 is 0. The summed E-state index contributed by atoms with van der Waals surface area (Å²) in [7, 11) is 0. The third-order valence-electron chi connectivity index (χ3n) is 2.84. The lowest BCUT2D eigenvalue weighted by Gasteiger charge is -2.06. The largest absolute Gasteiger partial charge is 0.382 e. The topological polar surface area (TPSA) is 52.6 Å². The number of unbranched alkanes of at least 4 members (excludes halogenated alkanes) is 2. The van der Waals surface area contributed by atoms with Crippen LogP contribution in [0.25, 0.3) is 0 Å². The second-order valence-corrected chi connectivity index (χ2v) is 4.48. The molecule has 0 fully saturated rings. The summed E-state index contributed by atoms with van der Waals surface area (Å²) in [5.74, 6) is -1.17. The van der Waals surface area contributed by atoms with Gasteiger partial charge in [0.15, 0.2) is 0 Å². The molecule has 0 N–H and O–H groups in total. The summed E-state index contributed by atoms with van der Waals surface area (Å²) in [4.78, 5) is 32.7. The Morgan fingerprint density at radius 3 is 1.35 bits per heavy atom. The zero-order chi connectivity index (χ0) is 15.4. The Kier molecular flexibility index (Phi) is 10.4. The smallest absolute Gasteiger partial charge is 0.242 e. The van der Waals surface area contributed by atoms with Gasteiger partial charge in [0.2, 0.25) is 0 Å². The number of carbonyl (C=O) groups excluding carboxylic acids is 2. The van der Waals surface area contributed by atoms with Crippen molar-refractivity contribution in [1.82, 2.24) is 0 Å². The number of rotatable bonds is 8. The van der Waals surface area contributed by atoms with Gasteiger partial charge in [0.25, 0.3) is 0 Å². The number of carbonyl (C=O) groups is 2. The third kappa shape index (κ3) is 7.12. The molecule has 0 unspecified atom stereocenters. The lowest BCUT2D eigenvalue weighted by Crippen LogP contribution is -2.14. The van der Waals surface area contributed by atoms with Crippen molar-refractivity contribution < 1.29 is 19.4 Å². The standard InChI is InChI=1S/C16H26O4/c1-5-9-11-13(7-3)15(17)19-20-16(18)14(8-4)12-10-6-2/h11-12H,5-10H2,1-4H3/b13-11+,14-12+. The van der Waals surface area contributed by atoms with E-state index >= 15 is 0 Å². The maximum absolute atomic E-state index is 11.7. The maximum Gasteiger partial charge on any atom is 0.382 e. The van der Waals surface area contributed by atoms with Crippen molar-refractivity contribution in [2.24, 2.45) is 0 Å². The lowest BCUT2D eigenvalue weighted by molar-refractivity contribution is -0.252. The monoisotopic (exact) mass is 282 g/mol. The van der Waals surface area contributed by atoms with Gasteiger partial charge in [0.05, 0.1) is 0 Å². The maximum atomic E-state index is 11.7. The zero-order valence-corrected chi connectivity index (χ0v) is 13.0. The fraction of sp³-hybridized carbons (Fsp3) is 0.625. The fourth-order valence-electron chi connectivity index (χ4n) is 1.56. The molecule has 0 saturated carbocycles. The van der Waals surface area contributed by atoms with Crippen LogP contribution >= 0.6 is 0 Å². The van der Waals surface area contributed by atoms with E-state index in [0.29, 0.717) is 24.0 Å². The van der Waals surface area contributed by atoms with Gasteiger partial charge in [-0.1, -0.05) is 52.7 Å². The van der Waals surface area contributed by atoms with E-state index in [1.807, 2.05) is 39.8 Å². The third-order valence-corrected chi connectivity index (χ3v) is 2.84. The van der Waals surface area contributed by atoms with E-state index in [0.717, 1.165) is 25.7 Å². The molecule has 0 aromatic heterocycles. The molecule has 0 aliphatic rings. The highest BCUT2D eigenvalue weighted by atomic mass is 17.2. The molecule has 0 aromatic rings. The van der Waals surface area contributed by atoms with Crippen molar-refractivity contribution in [1.29, 1.82) is 0 Å². The molecular weight excluding hydrogens is 256 g/mol. The van der Waals surface area contributed by atoms with Crippen molar-refractivity contribution in [2.45, 2.75) is 66.2 Å². The van der Waals surface area contributed by atoms with Crippen molar-refractivity contribution in [3.63, 3.8) is 0 Å². The van der Waals surface area contributed by atoms with E-state index < -0.39 is 11.9 Å². The van der Waals surface area contributed by atoms with Crippen LogP contribution in [0.15, 0.2) is 23.3 Å². The molecule has 0 bridgehead atoms. The molecule has 0 aromatic carbocycles. The van der Waals surface area contributed by atoms with Crippen LogP contribution in [-0.2, 0) is 19.4 Å². The molecule has 0 spiro atoms. The first-order chi connectivity index (χ1) is 9.60. The normalized spacial score (nSPS) is 12.2. The van der Waals surface area contributed by atoms with Crippen molar-refractivity contribution >= 4 is 11.9 Å². The average molecular weight is 282 g/mol. The highest BCUT2D eigenvalue weighted by Gasteiger charge is 2.15. The molecule has 0 radical (unpaired) electrons. The first kappa shape index (κ1) is 18.4. The Balaban J connectivity index is 4.45. The predicted octanol–water partition coefficient (Wildman–Crippen LogP) is 4.26. The Morgan fingerprint density at radius 2 is 1.10 bits per heavy atom. The van der Waals surface area contributed by atoms with E-state index in [9.17, 15) is 9.59 Å². The Hall–Kier alpha value is -1.58. The van der Waals surface area contributed by atoms with E-state index in [2.05, 4.69) is 9.78 Å². The van der Waals surface area contributed by atoms with Gasteiger partial charge in [-0.25, -0.2) is 19.4 Å². The molecule has 0 saturated heterocycles. The van der Waals surface area contributed by atoms with Gasteiger partial charge in [-0.15, -0.1) is 0 Å². The van der Waals surface area contributed by atoms with Crippen molar-refractivity contribution in [2.75, 3.05) is 0 Å². The van der Waals surface area contributed by atoms with Crippen LogP contribution in [-0.4, -0.2) is 11.9 Å². The van der Waals surface area contributed by atoms with Crippen LogP contribution in [0.3, 0.4) is 0 Å². The van der Waals surface area contributed by atoms with Crippen molar-refractivity contribution in [3.8, 4) is 0 Å². The van der Waals surface area contributed by atoms with Gasteiger partial charge >= 0.3 is 11.9 Å². The van der Waals surface area contributed by atoms with Crippen molar-refractivity contribution in [3.05, 3.63) is 23.3 Å². The molecular formula is C16H26O4. The van der Waals surface area contributed by atoms with Crippen LogP contribution in [0.5, 0.6) is 0 Å². The van der Waals surface area contributed by atoms with Gasteiger partial charge in [-0.3, -0.25) is 0 Å². The second kappa shape index (κ2) is 11.3. The minimum atomic E-state index is -0.583. The molecule has 4 nitrogen and oxygen atoms in total. The number of hydrogen-bond donors (Lipinski definition) is 0. The fourth-order valence-corrected chi connectivity index (χ4v) is 1.56. The first-order valence-corrected chi connectivity index (χ1v) is 7.41. The zero-order valence-electron chi connectivity index (χ0n) is 13.0. The first-order valence-electron chi connectivity index (χ1n) is 7.41. The molecule has 20 heavy (non-hydrogen) atoms. The Labute approximate surface area is 121 Å². The summed E-state index contributed by atoms with van der Waals surface area (Å²) < 4.78 is 0. The van der Waals surface area contributed by atoms with E-state index in [1.54, 1.807) is 0 Å². The van der Waals surface area contributed by atoms with Gasteiger partial charge in [0, 0.05) is 11.1 Å². The quantitative estimate of drug-likeness (QED) is 0.379. The molecule has 114 valence electrons. The summed E-state index contributed by atoms with van der Waals surface area (Å²) in [6.07, 6.45) is 8.29. The molecule has 0 aliphatic carbocycles. The average Bonchev–Trinajstić information content (AvgIpc) is 2.46. The molecule has 0 heterocycles. The highest BCUT2D eigenvalue weighted by molar-refractivity contribution is 5.91. The molecule has 0 rings (SSSR count). The van der Waals surface area contributed by atoms with Crippen LogP contribution < -0.4 is 0 Å². The number of allylic oxidation sites excluding steroid dienone is 2. The predicted molar refractivity (Wildman–Crippen MR) is 78.7 cm³/mol. The molecule has 0 aliphatic heterocycles. The van der Waals surface area contributed by atoms with Gasteiger partial charge < -0.3 is 0 Å². The van der Waals surface area contributed by atoms with Crippen LogP contribution in [0.2, 0.25) is 0 Å². The molecule has 4 heteroatoms. The Morgan fingerprint density at radius 1 is 0.750 bits per heavy atom. The van der Waals surface area contributed by atoms with Crippen LogP contribution in [0, 0.1) is 0 Å². The summed E-state index contributed by atoms with van der Waals surface area (Å²) in [6.45, 7) is 7.79. The summed E-state index contributed by atoms with van der Waals surface area (Å²) in [5, 5.41) is 0. The minimum absolute atomic E-state index is 0.537. The SMILES string of the molecule is CCC/C=C(\CC)C(=O)OOC(=O)/C(=C/CCC)CC. The minimum Gasteiger partial charge on any atom is -0.242 e. The lowest BCUT2D eigenvalue weighted by atomic mass is 10.1. The summed E-state index contributed by atoms with van der Waals surface area (Å²) in [6, 6.07) is 0. The van der Waals surface area contributed by atoms with Gasteiger partial charge in [-0.05, 0) is 25.7 Å². The second-order valence-electron chi connectivity index (χ2n) is 4.48. The summed E-state index contributed by atoms with van der Waals surface area (Å²) in [5.41, 5.74) is 1.07. The van der Waals surface area contributed by atoms with Crippen LogP contribution in [0.1, 0.15) is 66.2 Å². The highest BCUT2D eigenvalue weighted by Crippen LogP contribution is 2.10. The van der Waals surface area contributed by atoms with Gasteiger partial charge in [0.1, 0.15) is 0 Å². The molecule has 0 atom stereocenters. The van der Waals surface area contributed by atoms with Crippen LogP contribution in [0.4, 0.5) is 0 Å². The number of hydrogen-bond acceptors (Lipinski definition) is 4. The van der Waals surface area contributed by atoms with E-state index in [1.165, 1.54) is 0 Å². The molecule has 0 amide bonds. The van der Waals surface area contributed by atoms with Gasteiger partial charge in [-0.2, -0.15) is 0 Å².